The average Bonchev–Trinajstić information content (AvgIpc) is 3.11. The number of amides is 2. The first-order valence-corrected chi connectivity index (χ1v) is 9.43. The number of carbonyl (C=O) groups excluding carboxylic acids is 1. The lowest BCUT2D eigenvalue weighted by molar-refractivity contribution is -0.147. The van der Waals surface area contributed by atoms with Crippen LogP contribution >= 0.6 is 0 Å². The second kappa shape index (κ2) is 8.33. The monoisotopic (exact) mass is 382 g/mol. The molecule has 1 unspecified atom stereocenters. The summed E-state index contributed by atoms with van der Waals surface area (Å²) in [5.41, 5.74) is 1.15. The van der Waals surface area contributed by atoms with Gasteiger partial charge in [-0.2, -0.15) is 0 Å². The zero-order chi connectivity index (χ0) is 20.1. The van der Waals surface area contributed by atoms with Gasteiger partial charge in [0.15, 0.2) is 0 Å². The minimum absolute atomic E-state index is 0.218. The van der Waals surface area contributed by atoms with E-state index < -0.39 is 11.4 Å². The first-order valence-electron chi connectivity index (χ1n) is 9.43. The zero-order valence-electron chi connectivity index (χ0n) is 16.2. The highest BCUT2D eigenvalue weighted by molar-refractivity contribution is 5.79. The first kappa shape index (κ1) is 19.7. The predicted octanol–water partition coefficient (Wildman–Crippen LogP) is 3.83. The third-order valence-electron chi connectivity index (χ3n) is 5.22. The Bertz CT molecular complexity index is 839. The quantitative estimate of drug-likeness (QED) is 0.796. The summed E-state index contributed by atoms with van der Waals surface area (Å²) in [4.78, 5) is 25.5. The van der Waals surface area contributed by atoms with Crippen LogP contribution in [-0.2, 0) is 11.4 Å². The molecule has 0 aromatic heterocycles. The van der Waals surface area contributed by atoms with E-state index in [0.29, 0.717) is 19.6 Å². The number of likely N-dealkylation sites (tertiary alicyclic amines) is 1. The Labute approximate surface area is 165 Å². The smallest absolute Gasteiger partial charge is 0.317 e. The van der Waals surface area contributed by atoms with Crippen LogP contribution in [0.1, 0.15) is 37.4 Å². The Hall–Kier alpha value is -3.02. The van der Waals surface area contributed by atoms with Crippen LogP contribution in [0, 0.1) is 5.41 Å². The van der Waals surface area contributed by atoms with Gasteiger partial charge in [-0.1, -0.05) is 42.5 Å². The number of carbonyl (C=O) groups is 2. The Morgan fingerprint density at radius 3 is 2.64 bits per heavy atom. The molecule has 3 rings (SSSR count). The first-order chi connectivity index (χ1) is 13.4. The van der Waals surface area contributed by atoms with Gasteiger partial charge in [-0.15, -0.1) is 0 Å². The van der Waals surface area contributed by atoms with Crippen LogP contribution in [0.2, 0.25) is 0 Å². The lowest BCUT2D eigenvalue weighted by Crippen LogP contribution is -2.41. The number of urea groups is 1. The van der Waals surface area contributed by atoms with Crippen LogP contribution in [0.15, 0.2) is 54.6 Å². The molecule has 2 atom stereocenters. The highest BCUT2D eigenvalue weighted by Crippen LogP contribution is 2.30. The van der Waals surface area contributed by atoms with Crippen molar-refractivity contribution in [2.75, 3.05) is 13.1 Å². The molecule has 6 heteroatoms. The summed E-state index contributed by atoms with van der Waals surface area (Å²) in [6, 6.07) is 17.1. The van der Waals surface area contributed by atoms with Crippen molar-refractivity contribution in [2.45, 2.75) is 32.9 Å². The number of rotatable bonds is 6. The summed E-state index contributed by atoms with van der Waals surface area (Å²) in [5, 5.41) is 12.3. The molecule has 0 spiro atoms. The third kappa shape index (κ3) is 4.63. The van der Waals surface area contributed by atoms with Gasteiger partial charge in [-0.25, -0.2) is 4.79 Å². The summed E-state index contributed by atoms with van der Waals surface area (Å²) >= 11 is 0. The summed E-state index contributed by atoms with van der Waals surface area (Å²) in [5.74, 6) is -0.124. The van der Waals surface area contributed by atoms with Gasteiger partial charge >= 0.3 is 12.0 Å². The van der Waals surface area contributed by atoms with Crippen molar-refractivity contribution in [1.29, 1.82) is 0 Å². The number of aliphatic carboxylic acids is 1. The average molecular weight is 382 g/mol. The van der Waals surface area contributed by atoms with E-state index in [1.165, 1.54) is 0 Å². The molecule has 0 radical (unpaired) electrons. The van der Waals surface area contributed by atoms with E-state index in [-0.39, 0.29) is 18.6 Å². The van der Waals surface area contributed by atoms with Gasteiger partial charge in [-0.3, -0.25) is 4.79 Å². The molecule has 0 saturated carbocycles. The maximum Gasteiger partial charge on any atom is 0.317 e. The molecule has 148 valence electrons. The van der Waals surface area contributed by atoms with Crippen molar-refractivity contribution in [3.8, 4) is 5.75 Å². The second-order valence-corrected chi connectivity index (χ2v) is 7.56. The van der Waals surface area contributed by atoms with E-state index in [2.05, 4.69) is 5.32 Å². The van der Waals surface area contributed by atoms with E-state index in [9.17, 15) is 14.7 Å². The molecular weight excluding hydrogens is 356 g/mol. The molecule has 1 aliphatic rings. The van der Waals surface area contributed by atoms with Crippen molar-refractivity contribution in [3.05, 3.63) is 65.7 Å². The lowest BCUT2D eigenvalue weighted by Gasteiger charge is -2.23. The maximum atomic E-state index is 12.5. The fraction of sp³-hybridized carbons (Fsp3) is 0.364. The standard InChI is InChI=1S/C22H26N2O4/c1-16(23-21(27)24-12-11-22(2,15-24)20(25)26)18-9-6-10-19(13-18)28-14-17-7-4-3-5-8-17/h3-10,13,16H,11-12,14-15H2,1-2H3,(H,23,27)(H,25,26)/t16-,22?/m0/s1. The lowest BCUT2D eigenvalue weighted by atomic mass is 9.90. The molecule has 2 aromatic rings. The summed E-state index contributed by atoms with van der Waals surface area (Å²) < 4.78 is 5.85. The number of carboxylic acid groups (broad SMARTS) is 1. The van der Waals surface area contributed by atoms with Crippen LogP contribution < -0.4 is 10.1 Å². The number of hydrogen-bond acceptors (Lipinski definition) is 3. The van der Waals surface area contributed by atoms with Crippen LogP contribution in [0.4, 0.5) is 4.79 Å². The van der Waals surface area contributed by atoms with Gasteiger partial charge in [0.2, 0.25) is 0 Å². The van der Waals surface area contributed by atoms with Crippen molar-refractivity contribution < 1.29 is 19.4 Å². The van der Waals surface area contributed by atoms with Crippen molar-refractivity contribution in [3.63, 3.8) is 0 Å². The molecule has 0 aliphatic carbocycles. The number of hydrogen-bond donors (Lipinski definition) is 2. The van der Waals surface area contributed by atoms with E-state index in [1.54, 1.807) is 11.8 Å². The van der Waals surface area contributed by atoms with Gasteiger partial charge in [0.25, 0.3) is 0 Å². The zero-order valence-corrected chi connectivity index (χ0v) is 16.2. The van der Waals surface area contributed by atoms with Gasteiger partial charge in [0.05, 0.1) is 11.5 Å². The van der Waals surface area contributed by atoms with E-state index in [1.807, 2.05) is 61.5 Å². The van der Waals surface area contributed by atoms with Gasteiger partial charge < -0.3 is 20.1 Å². The van der Waals surface area contributed by atoms with Crippen LogP contribution in [-0.4, -0.2) is 35.1 Å². The Kier molecular flexibility index (Phi) is 5.87. The van der Waals surface area contributed by atoms with Crippen molar-refractivity contribution >= 4 is 12.0 Å². The van der Waals surface area contributed by atoms with Crippen LogP contribution in [0.25, 0.3) is 0 Å². The maximum absolute atomic E-state index is 12.5. The van der Waals surface area contributed by atoms with Crippen LogP contribution in [0.5, 0.6) is 5.75 Å². The Balaban J connectivity index is 1.58. The molecule has 6 nitrogen and oxygen atoms in total. The number of benzene rings is 2. The number of nitrogens with one attached hydrogen (secondary N) is 1. The summed E-state index contributed by atoms with van der Waals surface area (Å²) in [6.45, 7) is 4.73. The van der Waals surface area contributed by atoms with Crippen molar-refractivity contribution in [2.24, 2.45) is 5.41 Å². The van der Waals surface area contributed by atoms with E-state index in [4.69, 9.17) is 4.74 Å². The Morgan fingerprint density at radius 2 is 1.96 bits per heavy atom. The van der Waals surface area contributed by atoms with Gasteiger partial charge in [0, 0.05) is 13.1 Å². The van der Waals surface area contributed by atoms with E-state index in [0.717, 1.165) is 16.9 Å². The SMILES string of the molecule is C[C@H](NC(=O)N1CCC(C)(C(=O)O)C1)c1cccc(OCc2ccccc2)c1. The third-order valence-corrected chi connectivity index (χ3v) is 5.22. The molecule has 28 heavy (non-hydrogen) atoms. The fourth-order valence-corrected chi connectivity index (χ4v) is 3.28. The van der Waals surface area contributed by atoms with Crippen LogP contribution in [0.3, 0.4) is 0 Å². The van der Waals surface area contributed by atoms with E-state index >= 15 is 0 Å². The molecule has 2 N–H and O–H groups in total. The van der Waals surface area contributed by atoms with Crippen molar-refractivity contribution in [1.82, 2.24) is 10.2 Å². The number of ether oxygens (including phenoxy) is 1. The number of nitrogens with zero attached hydrogens (tertiary/aromatic N) is 1. The minimum atomic E-state index is -0.869. The van der Waals surface area contributed by atoms with Gasteiger partial charge in [-0.05, 0) is 43.5 Å². The molecule has 2 aromatic carbocycles. The largest absolute Gasteiger partial charge is 0.489 e. The highest BCUT2D eigenvalue weighted by atomic mass is 16.5. The fourth-order valence-electron chi connectivity index (χ4n) is 3.28. The minimum Gasteiger partial charge on any atom is -0.489 e. The Morgan fingerprint density at radius 1 is 1.21 bits per heavy atom. The predicted molar refractivity (Wildman–Crippen MR) is 106 cm³/mol. The molecular formula is C22H26N2O4. The molecule has 0 bridgehead atoms. The highest BCUT2D eigenvalue weighted by Gasteiger charge is 2.42. The summed E-state index contributed by atoms with van der Waals surface area (Å²) in [6.07, 6.45) is 0.465. The molecule has 1 aliphatic heterocycles. The molecule has 1 fully saturated rings. The van der Waals surface area contributed by atoms with Gasteiger partial charge in [0.1, 0.15) is 12.4 Å². The normalized spacial score (nSPS) is 19.9. The number of carboxylic acids is 1. The second-order valence-electron chi connectivity index (χ2n) is 7.56. The molecule has 1 saturated heterocycles. The summed E-state index contributed by atoms with van der Waals surface area (Å²) in [7, 11) is 0. The molecule has 1 heterocycles. The molecule has 2 amide bonds. The topological polar surface area (TPSA) is 78.9 Å².